The standard InChI is InChI=1S/C18H13ClN2/c19-14-11-9-13(10-12-14)18-16-7-4-8-17(16)21(20-18)15-5-2-1-3-6-15/h1-12,20H. The van der Waals surface area contributed by atoms with Crippen LogP contribution in [0.3, 0.4) is 0 Å². The van der Waals surface area contributed by atoms with Crippen molar-refractivity contribution in [1.29, 1.82) is 0 Å². The average molecular weight is 293 g/mol. The fourth-order valence-electron chi connectivity index (χ4n) is 2.67. The molecule has 3 heteroatoms. The Hall–Kier alpha value is -2.45. The summed E-state index contributed by atoms with van der Waals surface area (Å²) in [6.07, 6.45) is 0. The van der Waals surface area contributed by atoms with E-state index in [2.05, 4.69) is 40.1 Å². The predicted molar refractivity (Wildman–Crippen MR) is 87.2 cm³/mol. The number of rotatable bonds is 2. The largest absolute Gasteiger partial charge is 0.292 e. The molecule has 0 unspecified atom stereocenters. The molecule has 4 rings (SSSR count). The summed E-state index contributed by atoms with van der Waals surface area (Å²) in [4.78, 5) is 0. The highest BCUT2D eigenvalue weighted by atomic mass is 35.5. The summed E-state index contributed by atoms with van der Waals surface area (Å²) < 4.78 is 2.11. The topological polar surface area (TPSA) is 20.7 Å². The summed E-state index contributed by atoms with van der Waals surface area (Å²) in [5, 5.41) is 4.25. The van der Waals surface area contributed by atoms with Crippen LogP contribution in [0.5, 0.6) is 0 Å². The molecule has 0 amide bonds. The highest BCUT2D eigenvalue weighted by molar-refractivity contribution is 6.30. The molecular formula is C18H13ClN2. The van der Waals surface area contributed by atoms with Gasteiger partial charge in [0.1, 0.15) is 0 Å². The van der Waals surface area contributed by atoms with Gasteiger partial charge in [0, 0.05) is 16.1 Å². The number of fused-ring (bicyclic) bond motifs is 1. The summed E-state index contributed by atoms with van der Waals surface area (Å²) in [6, 6.07) is 24.5. The monoisotopic (exact) mass is 292 g/mol. The van der Waals surface area contributed by atoms with E-state index < -0.39 is 0 Å². The molecular weight excluding hydrogens is 280 g/mol. The third-order valence-corrected chi connectivity index (χ3v) is 3.93. The van der Waals surface area contributed by atoms with Gasteiger partial charge in [0.25, 0.3) is 0 Å². The van der Waals surface area contributed by atoms with E-state index >= 15 is 0 Å². The van der Waals surface area contributed by atoms with Gasteiger partial charge in [-0.2, -0.15) is 0 Å². The molecule has 1 aliphatic heterocycles. The summed E-state index contributed by atoms with van der Waals surface area (Å²) in [5.41, 5.74) is 5.74. The Balaban J connectivity index is 1.91. The van der Waals surface area contributed by atoms with Crippen LogP contribution in [0.1, 0.15) is 0 Å². The lowest BCUT2D eigenvalue weighted by molar-refractivity contribution is 0.896. The lowest BCUT2D eigenvalue weighted by Crippen LogP contribution is -1.96. The number of nitrogens with one attached hydrogen (secondary N) is 1. The molecule has 0 saturated carbocycles. The zero-order chi connectivity index (χ0) is 14.2. The van der Waals surface area contributed by atoms with Crippen LogP contribution >= 0.6 is 11.6 Å². The lowest BCUT2D eigenvalue weighted by Gasteiger charge is -2.04. The first-order chi connectivity index (χ1) is 10.3. The molecule has 2 aromatic rings. The Morgan fingerprint density at radius 1 is 0.762 bits per heavy atom. The van der Waals surface area contributed by atoms with Crippen LogP contribution in [-0.4, -0.2) is 9.78 Å². The summed E-state index contributed by atoms with van der Waals surface area (Å²) >= 11 is 5.98. The third kappa shape index (κ3) is 2.05. The van der Waals surface area contributed by atoms with Crippen molar-refractivity contribution in [2.24, 2.45) is 0 Å². The summed E-state index contributed by atoms with van der Waals surface area (Å²) in [6.45, 7) is 0. The number of nitrogens with zero attached hydrogens (tertiary/aromatic N) is 1. The molecule has 0 bridgehead atoms. The summed E-state index contributed by atoms with van der Waals surface area (Å²) in [7, 11) is 0. The van der Waals surface area contributed by atoms with Crippen molar-refractivity contribution < 1.29 is 0 Å². The first-order valence-corrected chi connectivity index (χ1v) is 7.21. The van der Waals surface area contributed by atoms with Gasteiger partial charge in [0.05, 0.1) is 17.1 Å². The van der Waals surface area contributed by atoms with E-state index in [4.69, 9.17) is 11.6 Å². The van der Waals surface area contributed by atoms with E-state index in [1.54, 1.807) is 0 Å². The first kappa shape index (κ1) is 12.3. The van der Waals surface area contributed by atoms with Gasteiger partial charge in [-0.05, 0) is 30.3 Å². The molecule has 0 radical (unpaired) electrons. The van der Waals surface area contributed by atoms with Crippen LogP contribution < -0.4 is 0 Å². The molecule has 0 fully saturated rings. The van der Waals surface area contributed by atoms with Crippen LogP contribution in [0.2, 0.25) is 5.02 Å². The van der Waals surface area contributed by atoms with Crippen molar-refractivity contribution in [3.63, 3.8) is 0 Å². The van der Waals surface area contributed by atoms with Crippen molar-refractivity contribution in [3.05, 3.63) is 77.8 Å². The molecule has 1 heterocycles. The molecule has 0 spiro atoms. The maximum atomic E-state index is 5.98. The Kier molecular flexibility index (Phi) is 2.83. The molecule has 21 heavy (non-hydrogen) atoms. The van der Waals surface area contributed by atoms with Gasteiger partial charge in [-0.15, -0.1) is 0 Å². The Bertz CT molecular complexity index is 841. The molecule has 0 aromatic heterocycles. The minimum Gasteiger partial charge on any atom is -0.292 e. The van der Waals surface area contributed by atoms with E-state index in [-0.39, 0.29) is 0 Å². The van der Waals surface area contributed by atoms with Crippen LogP contribution in [0.4, 0.5) is 0 Å². The second-order valence-electron chi connectivity index (χ2n) is 4.99. The van der Waals surface area contributed by atoms with Crippen molar-refractivity contribution in [3.8, 4) is 28.2 Å². The number of aromatic amines is 1. The minimum absolute atomic E-state index is 0.750. The number of aromatic nitrogens is 2. The van der Waals surface area contributed by atoms with Gasteiger partial charge in [0.2, 0.25) is 0 Å². The van der Waals surface area contributed by atoms with Crippen molar-refractivity contribution in [2.75, 3.05) is 0 Å². The normalized spacial score (nSPS) is 11.1. The van der Waals surface area contributed by atoms with Crippen molar-refractivity contribution in [1.82, 2.24) is 9.78 Å². The van der Waals surface area contributed by atoms with E-state index in [9.17, 15) is 0 Å². The summed E-state index contributed by atoms with van der Waals surface area (Å²) in [5.74, 6) is 0. The van der Waals surface area contributed by atoms with E-state index in [0.29, 0.717) is 0 Å². The smallest absolute Gasteiger partial charge is 0.0724 e. The molecule has 2 aromatic carbocycles. The number of benzene rings is 2. The Morgan fingerprint density at radius 2 is 1.52 bits per heavy atom. The third-order valence-electron chi connectivity index (χ3n) is 3.67. The van der Waals surface area contributed by atoms with E-state index in [1.807, 2.05) is 42.5 Å². The number of para-hydroxylation sites is 1. The van der Waals surface area contributed by atoms with Gasteiger partial charge in [0.15, 0.2) is 0 Å². The molecule has 0 saturated heterocycles. The van der Waals surface area contributed by atoms with Crippen LogP contribution in [0, 0.1) is 0 Å². The molecule has 0 atom stereocenters. The quantitative estimate of drug-likeness (QED) is 0.522. The van der Waals surface area contributed by atoms with Crippen molar-refractivity contribution >= 4 is 11.6 Å². The highest BCUT2D eigenvalue weighted by Gasteiger charge is 2.17. The van der Waals surface area contributed by atoms with Gasteiger partial charge < -0.3 is 0 Å². The fraction of sp³-hybridized carbons (Fsp3) is 0. The highest BCUT2D eigenvalue weighted by Crippen LogP contribution is 2.35. The molecule has 1 aliphatic carbocycles. The molecule has 2 aliphatic rings. The average Bonchev–Trinajstić information content (AvgIpc) is 3.11. The lowest BCUT2D eigenvalue weighted by atomic mass is 10.1. The second-order valence-corrected chi connectivity index (χ2v) is 5.43. The minimum atomic E-state index is 0.750. The van der Waals surface area contributed by atoms with E-state index in [1.165, 1.54) is 11.3 Å². The van der Waals surface area contributed by atoms with Crippen LogP contribution in [0.25, 0.3) is 28.2 Å². The zero-order valence-electron chi connectivity index (χ0n) is 11.3. The number of H-pyrrole nitrogens is 1. The number of hydrogen-bond acceptors (Lipinski definition) is 0. The molecule has 2 nitrogen and oxygen atoms in total. The van der Waals surface area contributed by atoms with Crippen molar-refractivity contribution in [2.45, 2.75) is 0 Å². The number of hydrogen-bond donors (Lipinski definition) is 1. The Morgan fingerprint density at radius 3 is 2.29 bits per heavy atom. The first-order valence-electron chi connectivity index (χ1n) is 6.84. The van der Waals surface area contributed by atoms with Crippen LogP contribution in [-0.2, 0) is 0 Å². The zero-order valence-corrected chi connectivity index (χ0v) is 12.0. The maximum Gasteiger partial charge on any atom is 0.0724 e. The number of halogens is 1. The van der Waals surface area contributed by atoms with Gasteiger partial charge in [-0.3, -0.25) is 9.78 Å². The fourth-order valence-corrected chi connectivity index (χ4v) is 2.79. The Labute approximate surface area is 127 Å². The maximum absolute atomic E-state index is 5.98. The van der Waals surface area contributed by atoms with Gasteiger partial charge >= 0.3 is 0 Å². The van der Waals surface area contributed by atoms with Gasteiger partial charge in [-0.25, -0.2) is 0 Å². The van der Waals surface area contributed by atoms with E-state index in [0.717, 1.165) is 22.0 Å². The SMILES string of the molecule is Clc1ccc(-c2[nH]n(-c3ccccc3)c3cccc2-3)cc1. The van der Waals surface area contributed by atoms with Gasteiger partial charge in [-0.1, -0.05) is 54.1 Å². The second kappa shape index (κ2) is 4.83. The molecule has 102 valence electrons. The van der Waals surface area contributed by atoms with Crippen LogP contribution in [0.15, 0.2) is 72.8 Å². The predicted octanol–water partition coefficient (Wildman–Crippen LogP) is 5.23. The molecule has 1 N–H and O–H groups in total.